The van der Waals surface area contributed by atoms with Crippen LogP contribution in [0.1, 0.15) is 51.7 Å². The molecular weight excluding hydrogens is 356 g/mol. The summed E-state index contributed by atoms with van der Waals surface area (Å²) in [6.07, 6.45) is 5.92. The molecule has 0 aromatic heterocycles. The molecule has 0 aliphatic rings. The quantitative estimate of drug-likeness (QED) is 0.281. The Labute approximate surface area is 174 Å². The first-order chi connectivity index (χ1) is 13.5. The van der Waals surface area contributed by atoms with Gasteiger partial charge in [-0.05, 0) is 41.6 Å². The second kappa shape index (κ2) is 11.4. The Morgan fingerprint density at radius 2 is 1.36 bits per heavy atom. The summed E-state index contributed by atoms with van der Waals surface area (Å²) in [6.45, 7) is 11.6. The van der Waals surface area contributed by atoms with Crippen LogP contribution in [0.3, 0.4) is 0 Å². The van der Waals surface area contributed by atoms with Crippen molar-refractivity contribution in [3.63, 3.8) is 0 Å². The molecule has 0 aliphatic carbocycles. The summed E-state index contributed by atoms with van der Waals surface area (Å²) in [7, 11) is -1.68. The third kappa shape index (κ3) is 6.18. The van der Waals surface area contributed by atoms with Crippen LogP contribution >= 0.6 is 0 Å². The molecular formula is C26H38OSi. The molecule has 0 spiro atoms. The topological polar surface area (TPSA) is 9.23 Å². The van der Waals surface area contributed by atoms with Crippen LogP contribution in [0.5, 0.6) is 0 Å². The van der Waals surface area contributed by atoms with Crippen molar-refractivity contribution in [3.8, 4) is 0 Å². The van der Waals surface area contributed by atoms with Crippen molar-refractivity contribution < 1.29 is 4.43 Å². The van der Waals surface area contributed by atoms with Crippen molar-refractivity contribution in [1.82, 2.24) is 0 Å². The summed E-state index contributed by atoms with van der Waals surface area (Å²) in [4.78, 5) is 0. The van der Waals surface area contributed by atoms with Crippen molar-refractivity contribution in [2.75, 3.05) is 0 Å². The minimum absolute atomic E-state index is 0.223. The molecule has 0 saturated heterocycles. The Bertz CT molecular complexity index is 681. The zero-order valence-corrected chi connectivity index (χ0v) is 19.4. The maximum atomic E-state index is 7.05. The first-order valence-corrected chi connectivity index (χ1v) is 13.5. The minimum Gasteiger partial charge on any atom is -0.413 e. The van der Waals surface area contributed by atoms with Crippen LogP contribution in [0.25, 0.3) is 0 Å². The average molecular weight is 395 g/mol. The Kier molecular flexibility index (Phi) is 9.20. The second-order valence-electron chi connectivity index (χ2n) is 8.12. The highest BCUT2D eigenvalue weighted by molar-refractivity contribution is 6.73. The lowest BCUT2D eigenvalue weighted by atomic mass is 9.86. The maximum Gasteiger partial charge on any atom is 0.192 e. The Hall–Kier alpha value is -1.64. The van der Waals surface area contributed by atoms with Crippen LogP contribution in [0, 0.1) is 5.92 Å². The molecule has 0 radical (unpaired) electrons. The molecule has 0 saturated carbocycles. The molecule has 0 fully saturated rings. The van der Waals surface area contributed by atoms with Gasteiger partial charge in [-0.2, -0.15) is 0 Å². The lowest BCUT2D eigenvalue weighted by Gasteiger charge is -2.38. The molecule has 0 heterocycles. The number of allylic oxidation sites excluding steroid dienone is 1. The van der Waals surface area contributed by atoms with E-state index in [2.05, 4.69) is 107 Å². The van der Waals surface area contributed by atoms with Gasteiger partial charge in [-0.25, -0.2) is 0 Å². The number of hydrogen-bond donors (Lipinski definition) is 0. The van der Waals surface area contributed by atoms with Gasteiger partial charge in [-0.1, -0.05) is 107 Å². The fraction of sp³-hybridized carbons (Fsp3) is 0.462. The highest BCUT2D eigenvalue weighted by Gasteiger charge is 2.36. The van der Waals surface area contributed by atoms with Gasteiger partial charge in [0.05, 0.1) is 6.10 Å². The van der Waals surface area contributed by atoms with Gasteiger partial charge >= 0.3 is 0 Å². The van der Waals surface area contributed by atoms with Gasteiger partial charge in [0, 0.05) is 5.92 Å². The highest BCUT2D eigenvalue weighted by Crippen LogP contribution is 2.34. The fourth-order valence-corrected chi connectivity index (χ4v) is 6.96. The van der Waals surface area contributed by atoms with Crippen LogP contribution in [0.15, 0.2) is 72.8 Å². The Morgan fingerprint density at radius 3 is 1.86 bits per heavy atom. The zero-order chi connectivity index (χ0) is 20.4. The molecule has 2 aromatic rings. The van der Waals surface area contributed by atoms with Gasteiger partial charge in [0.15, 0.2) is 8.32 Å². The van der Waals surface area contributed by atoms with Crippen LogP contribution in [0.4, 0.5) is 0 Å². The van der Waals surface area contributed by atoms with Crippen LogP contribution < -0.4 is 0 Å². The highest BCUT2D eigenvalue weighted by atomic mass is 28.4. The van der Waals surface area contributed by atoms with Crippen LogP contribution in [-0.2, 0) is 10.8 Å². The largest absolute Gasteiger partial charge is 0.413 e. The van der Waals surface area contributed by atoms with E-state index in [0.29, 0.717) is 11.8 Å². The van der Waals surface area contributed by atoms with E-state index >= 15 is 0 Å². The van der Waals surface area contributed by atoms with Crippen LogP contribution in [0.2, 0.25) is 18.1 Å². The smallest absolute Gasteiger partial charge is 0.192 e. The molecule has 2 atom stereocenters. The molecule has 0 unspecified atom stereocenters. The molecule has 2 aromatic carbocycles. The molecule has 2 heteroatoms. The van der Waals surface area contributed by atoms with E-state index in [4.69, 9.17) is 4.43 Å². The normalized spacial score (nSPS) is 14.5. The van der Waals surface area contributed by atoms with E-state index in [1.54, 1.807) is 0 Å². The van der Waals surface area contributed by atoms with Crippen molar-refractivity contribution in [1.29, 1.82) is 0 Å². The minimum atomic E-state index is -1.68. The first-order valence-electron chi connectivity index (χ1n) is 11.0. The van der Waals surface area contributed by atoms with Crippen molar-refractivity contribution >= 4 is 8.32 Å². The van der Waals surface area contributed by atoms with Crippen molar-refractivity contribution in [2.24, 2.45) is 5.92 Å². The van der Waals surface area contributed by atoms with E-state index < -0.39 is 8.32 Å². The van der Waals surface area contributed by atoms with Gasteiger partial charge in [0.2, 0.25) is 0 Å². The fourth-order valence-electron chi connectivity index (χ4n) is 3.96. The summed E-state index contributed by atoms with van der Waals surface area (Å²) >= 11 is 0. The standard InChI is InChI=1S/C26H38OSi/c1-6-28(7-2,8-3)27-26(22(4)5)25(24-19-13-10-14-20-24)21-15-18-23-16-11-9-12-17-23/h9-17,19-22,25-26H,6-8,18H2,1-5H3/b21-15-/t25-,26-/m0/s1. The molecule has 2 rings (SSSR count). The molecule has 28 heavy (non-hydrogen) atoms. The molecule has 0 N–H and O–H groups in total. The first kappa shape index (κ1) is 22.6. The molecule has 0 amide bonds. The predicted molar refractivity (Wildman–Crippen MR) is 125 cm³/mol. The third-order valence-corrected chi connectivity index (χ3v) is 10.7. The van der Waals surface area contributed by atoms with Crippen LogP contribution in [-0.4, -0.2) is 14.4 Å². The Balaban J connectivity index is 2.32. The number of rotatable bonds is 11. The van der Waals surface area contributed by atoms with Crippen molar-refractivity contribution in [2.45, 2.75) is 71.2 Å². The van der Waals surface area contributed by atoms with Gasteiger partial charge < -0.3 is 4.43 Å². The molecule has 0 aliphatic heterocycles. The maximum absolute atomic E-state index is 7.05. The monoisotopic (exact) mass is 394 g/mol. The number of hydrogen-bond acceptors (Lipinski definition) is 1. The summed E-state index contributed by atoms with van der Waals surface area (Å²) in [5, 5.41) is 0. The summed E-state index contributed by atoms with van der Waals surface area (Å²) in [5.74, 6) is 0.768. The van der Waals surface area contributed by atoms with E-state index in [1.165, 1.54) is 29.3 Å². The van der Waals surface area contributed by atoms with E-state index in [1.807, 2.05) is 0 Å². The van der Waals surface area contributed by atoms with Crippen molar-refractivity contribution in [3.05, 3.63) is 83.9 Å². The van der Waals surface area contributed by atoms with Gasteiger partial charge in [0.1, 0.15) is 0 Å². The lowest BCUT2D eigenvalue weighted by Crippen LogP contribution is -2.43. The Morgan fingerprint density at radius 1 is 0.821 bits per heavy atom. The summed E-state index contributed by atoms with van der Waals surface area (Å²) < 4.78 is 7.05. The third-order valence-electron chi connectivity index (χ3n) is 6.05. The predicted octanol–water partition coefficient (Wildman–Crippen LogP) is 7.62. The average Bonchev–Trinajstić information content (AvgIpc) is 2.74. The molecule has 0 bridgehead atoms. The van der Waals surface area contributed by atoms with Gasteiger partial charge in [-0.15, -0.1) is 0 Å². The zero-order valence-electron chi connectivity index (χ0n) is 18.4. The SMILES string of the molecule is CC[Si](CC)(CC)O[C@@H](C(C)C)[C@@H](/C=C\Cc1ccccc1)c1ccccc1. The molecule has 1 nitrogen and oxygen atoms in total. The number of benzene rings is 2. The van der Waals surface area contributed by atoms with Gasteiger partial charge in [-0.3, -0.25) is 0 Å². The van der Waals surface area contributed by atoms with Gasteiger partial charge in [0.25, 0.3) is 0 Å². The second-order valence-corrected chi connectivity index (χ2v) is 12.8. The van der Waals surface area contributed by atoms with E-state index in [-0.39, 0.29) is 6.10 Å². The summed E-state index contributed by atoms with van der Waals surface area (Å²) in [5.41, 5.74) is 2.71. The summed E-state index contributed by atoms with van der Waals surface area (Å²) in [6, 6.07) is 25.2. The van der Waals surface area contributed by atoms with E-state index in [9.17, 15) is 0 Å². The van der Waals surface area contributed by atoms with E-state index in [0.717, 1.165) is 6.42 Å². The molecule has 152 valence electrons. The lowest BCUT2D eigenvalue weighted by molar-refractivity contribution is 0.123.